The second-order valence-corrected chi connectivity index (χ2v) is 5.10. The van der Waals surface area contributed by atoms with Gasteiger partial charge in [0.25, 0.3) is 0 Å². The maximum absolute atomic E-state index is 12.8. The number of carbonyl (C=O) groups is 2. The van der Waals surface area contributed by atoms with Gasteiger partial charge in [-0.25, -0.2) is 4.39 Å². The molecule has 0 saturated heterocycles. The molecule has 1 N–H and O–H groups in total. The fourth-order valence-corrected chi connectivity index (χ4v) is 2.05. The SMILES string of the molecule is CC(=O)N(CCC(=O)Nc1ccc(F)cc1)Cc1ccncc1. The van der Waals surface area contributed by atoms with E-state index < -0.39 is 0 Å². The highest BCUT2D eigenvalue weighted by atomic mass is 19.1. The Labute approximate surface area is 134 Å². The smallest absolute Gasteiger partial charge is 0.226 e. The quantitative estimate of drug-likeness (QED) is 0.891. The third kappa shape index (κ3) is 5.50. The van der Waals surface area contributed by atoms with E-state index in [0.717, 1.165) is 5.56 Å². The molecule has 0 unspecified atom stereocenters. The van der Waals surface area contributed by atoms with E-state index in [4.69, 9.17) is 0 Å². The highest BCUT2D eigenvalue weighted by molar-refractivity contribution is 5.91. The maximum Gasteiger partial charge on any atom is 0.226 e. The van der Waals surface area contributed by atoms with Crippen molar-refractivity contribution >= 4 is 17.5 Å². The zero-order valence-corrected chi connectivity index (χ0v) is 12.8. The lowest BCUT2D eigenvalue weighted by molar-refractivity contribution is -0.129. The van der Waals surface area contributed by atoms with Crippen LogP contribution in [0, 0.1) is 5.82 Å². The number of hydrogen-bond donors (Lipinski definition) is 1. The summed E-state index contributed by atoms with van der Waals surface area (Å²) in [5, 5.41) is 2.67. The first-order valence-corrected chi connectivity index (χ1v) is 7.24. The van der Waals surface area contributed by atoms with Crippen molar-refractivity contribution in [2.75, 3.05) is 11.9 Å². The maximum atomic E-state index is 12.8. The molecule has 0 fully saturated rings. The molecule has 5 nitrogen and oxygen atoms in total. The van der Waals surface area contributed by atoms with Gasteiger partial charge in [-0.15, -0.1) is 0 Å². The van der Waals surface area contributed by atoms with E-state index >= 15 is 0 Å². The number of pyridine rings is 1. The van der Waals surface area contributed by atoms with Crippen molar-refractivity contribution in [1.82, 2.24) is 9.88 Å². The second kappa shape index (κ2) is 8.03. The van der Waals surface area contributed by atoms with E-state index in [0.29, 0.717) is 18.8 Å². The van der Waals surface area contributed by atoms with E-state index in [1.807, 2.05) is 12.1 Å². The lowest BCUT2D eigenvalue weighted by Gasteiger charge is -2.20. The Morgan fingerprint density at radius 2 is 1.78 bits per heavy atom. The van der Waals surface area contributed by atoms with Gasteiger partial charge in [0.1, 0.15) is 5.82 Å². The van der Waals surface area contributed by atoms with E-state index in [9.17, 15) is 14.0 Å². The van der Waals surface area contributed by atoms with Crippen LogP contribution in [0.25, 0.3) is 0 Å². The molecular formula is C17H18FN3O2. The number of rotatable bonds is 6. The molecule has 120 valence electrons. The van der Waals surface area contributed by atoms with E-state index in [1.54, 1.807) is 17.3 Å². The lowest BCUT2D eigenvalue weighted by Crippen LogP contribution is -2.31. The van der Waals surface area contributed by atoms with Gasteiger partial charge in [-0.2, -0.15) is 0 Å². The number of halogens is 1. The van der Waals surface area contributed by atoms with Gasteiger partial charge < -0.3 is 10.2 Å². The van der Waals surface area contributed by atoms with E-state index in [1.165, 1.54) is 31.2 Å². The van der Waals surface area contributed by atoms with Gasteiger partial charge in [-0.05, 0) is 42.0 Å². The average molecular weight is 315 g/mol. The van der Waals surface area contributed by atoms with Crippen LogP contribution in [0.4, 0.5) is 10.1 Å². The first-order chi connectivity index (χ1) is 11.0. The summed E-state index contributed by atoms with van der Waals surface area (Å²) >= 11 is 0. The molecule has 6 heteroatoms. The topological polar surface area (TPSA) is 62.3 Å². The summed E-state index contributed by atoms with van der Waals surface area (Å²) in [5.74, 6) is -0.683. The molecule has 2 rings (SSSR count). The molecule has 0 aliphatic carbocycles. The Morgan fingerprint density at radius 1 is 1.13 bits per heavy atom. The normalized spacial score (nSPS) is 10.2. The van der Waals surface area contributed by atoms with E-state index in [-0.39, 0.29) is 24.1 Å². The van der Waals surface area contributed by atoms with Crippen LogP contribution in [0.3, 0.4) is 0 Å². The summed E-state index contributed by atoms with van der Waals surface area (Å²) in [5.41, 5.74) is 1.48. The number of aromatic nitrogens is 1. The molecule has 0 aliphatic heterocycles. The zero-order chi connectivity index (χ0) is 16.7. The molecule has 2 amide bonds. The standard InChI is InChI=1S/C17H18FN3O2/c1-13(22)21(12-14-6-9-19-10-7-14)11-8-17(23)20-16-4-2-15(18)3-5-16/h2-7,9-10H,8,11-12H2,1H3,(H,20,23). The molecule has 2 aromatic rings. The Morgan fingerprint density at radius 3 is 2.39 bits per heavy atom. The summed E-state index contributed by atoms with van der Waals surface area (Å²) in [6, 6.07) is 9.20. The van der Waals surface area contributed by atoms with Crippen molar-refractivity contribution in [3.05, 3.63) is 60.2 Å². The van der Waals surface area contributed by atoms with Crippen molar-refractivity contribution in [1.29, 1.82) is 0 Å². The molecule has 0 spiro atoms. The Bertz CT molecular complexity index is 659. The molecule has 0 radical (unpaired) electrons. The largest absolute Gasteiger partial charge is 0.338 e. The molecule has 0 atom stereocenters. The highest BCUT2D eigenvalue weighted by Gasteiger charge is 2.12. The highest BCUT2D eigenvalue weighted by Crippen LogP contribution is 2.09. The summed E-state index contributed by atoms with van der Waals surface area (Å²) in [7, 11) is 0. The number of nitrogens with zero attached hydrogens (tertiary/aromatic N) is 2. The van der Waals surface area contributed by atoms with Crippen molar-refractivity contribution in [2.45, 2.75) is 19.9 Å². The third-order valence-electron chi connectivity index (χ3n) is 3.30. The van der Waals surface area contributed by atoms with Crippen LogP contribution in [0.2, 0.25) is 0 Å². The fraction of sp³-hybridized carbons (Fsp3) is 0.235. The second-order valence-electron chi connectivity index (χ2n) is 5.10. The monoisotopic (exact) mass is 315 g/mol. The van der Waals surface area contributed by atoms with Crippen LogP contribution in [-0.2, 0) is 16.1 Å². The fourth-order valence-electron chi connectivity index (χ4n) is 2.05. The van der Waals surface area contributed by atoms with Crippen molar-refractivity contribution < 1.29 is 14.0 Å². The minimum atomic E-state index is -0.358. The van der Waals surface area contributed by atoms with Gasteiger partial charge in [0, 0.05) is 44.5 Å². The number of hydrogen-bond acceptors (Lipinski definition) is 3. The van der Waals surface area contributed by atoms with Crippen molar-refractivity contribution in [3.8, 4) is 0 Å². The van der Waals surface area contributed by atoms with Crippen LogP contribution in [0.1, 0.15) is 18.9 Å². The van der Waals surface area contributed by atoms with Crippen LogP contribution < -0.4 is 5.32 Å². The Hall–Kier alpha value is -2.76. The zero-order valence-electron chi connectivity index (χ0n) is 12.8. The minimum absolute atomic E-state index is 0.101. The summed E-state index contributed by atoms with van der Waals surface area (Å²) in [4.78, 5) is 29.1. The van der Waals surface area contributed by atoms with Crippen LogP contribution in [0.15, 0.2) is 48.8 Å². The number of nitrogens with one attached hydrogen (secondary N) is 1. The first kappa shape index (κ1) is 16.6. The first-order valence-electron chi connectivity index (χ1n) is 7.24. The Kier molecular flexibility index (Phi) is 5.80. The summed E-state index contributed by atoms with van der Waals surface area (Å²) in [6.45, 7) is 2.21. The van der Waals surface area contributed by atoms with Gasteiger partial charge >= 0.3 is 0 Å². The van der Waals surface area contributed by atoms with Gasteiger partial charge in [-0.3, -0.25) is 14.6 Å². The van der Waals surface area contributed by atoms with Gasteiger partial charge in [0.2, 0.25) is 11.8 Å². The third-order valence-corrected chi connectivity index (χ3v) is 3.30. The molecule has 0 bridgehead atoms. The lowest BCUT2D eigenvalue weighted by atomic mass is 10.2. The number of amides is 2. The molecule has 1 heterocycles. The predicted octanol–water partition coefficient (Wildman–Crippen LogP) is 2.60. The Balaban J connectivity index is 1.87. The van der Waals surface area contributed by atoms with Gasteiger partial charge in [0.05, 0.1) is 0 Å². The van der Waals surface area contributed by atoms with Crippen molar-refractivity contribution in [2.24, 2.45) is 0 Å². The molecule has 1 aromatic carbocycles. The molecule has 0 aliphatic rings. The van der Waals surface area contributed by atoms with E-state index in [2.05, 4.69) is 10.3 Å². The van der Waals surface area contributed by atoms with Crippen LogP contribution >= 0.6 is 0 Å². The molecular weight excluding hydrogens is 297 g/mol. The van der Waals surface area contributed by atoms with Gasteiger partial charge in [-0.1, -0.05) is 0 Å². The summed E-state index contributed by atoms with van der Waals surface area (Å²) < 4.78 is 12.8. The predicted molar refractivity (Wildman–Crippen MR) is 85.0 cm³/mol. The van der Waals surface area contributed by atoms with Crippen LogP contribution in [-0.4, -0.2) is 28.2 Å². The van der Waals surface area contributed by atoms with Crippen molar-refractivity contribution in [3.63, 3.8) is 0 Å². The minimum Gasteiger partial charge on any atom is -0.338 e. The number of anilines is 1. The van der Waals surface area contributed by atoms with Crippen LogP contribution in [0.5, 0.6) is 0 Å². The van der Waals surface area contributed by atoms with Gasteiger partial charge in [0.15, 0.2) is 0 Å². The molecule has 1 aromatic heterocycles. The number of benzene rings is 1. The summed E-state index contributed by atoms with van der Waals surface area (Å²) in [6.07, 6.45) is 3.49. The number of carbonyl (C=O) groups excluding carboxylic acids is 2. The molecule has 23 heavy (non-hydrogen) atoms. The average Bonchev–Trinajstić information content (AvgIpc) is 2.54. The molecule has 0 saturated carbocycles.